The maximum absolute atomic E-state index is 12.2. The standard InChI is InChI=1S/C7H5ClF6O/c1-2-3-5(8,7(12,13)14)4(15)6(9,10)11/h2H,1,3H2. The minimum atomic E-state index is -5.64. The van der Waals surface area contributed by atoms with Gasteiger partial charge in [0.1, 0.15) is 0 Å². The van der Waals surface area contributed by atoms with Crippen molar-refractivity contribution in [3.05, 3.63) is 12.7 Å². The van der Waals surface area contributed by atoms with Crippen molar-refractivity contribution in [2.24, 2.45) is 0 Å². The highest BCUT2D eigenvalue weighted by Gasteiger charge is 2.65. The molecule has 0 radical (unpaired) electrons. The lowest BCUT2D eigenvalue weighted by Crippen LogP contribution is -2.52. The van der Waals surface area contributed by atoms with Gasteiger partial charge < -0.3 is 0 Å². The molecule has 0 aromatic rings. The van der Waals surface area contributed by atoms with E-state index in [-0.39, 0.29) is 0 Å². The fourth-order valence-electron chi connectivity index (χ4n) is 0.761. The summed E-state index contributed by atoms with van der Waals surface area (Å²) in [6.45, 7) is 2.82. The van der Waals surface area contributed by atoms with Gasteiger partial charge in [-0.15, -0.1) is 6.58 Å². The summed E-state index contributed by atoms with van der Waals surface area (Å²) in [5, 5.41) is 0. The predicted octanol–water partition coefficient (Wildman–Crippen LogP) is 3.23. The minimum absolute atomic E-state index is 0.504. The highest BCUT2D eigenvalue weighted by molar-refractivity contribution is 6.36. The maximum Gasteiger partial charge on any atom is 0.452 e. The zero-order valence-electron chi connectivity index (χ0n) is 7.05. The molecule has 0 heterocycles. The van der Waals surface area contributed by atoms with Crippen LogP contribution in [0.4, 0.5) is 26.3 Å². The van der Waals surface area contributed by atoms with Gasteiger partial charge in [0.2, 0.25) is 4.87 Å². The number of rotatable bonds is 3. The average molecular weight is 255 g/mol. The van der Waals surface area contributed by atoms with Crippen LogP contribution in [0.15, 0.2) is 12.7 Å². The minimum Gasteiger partial charge on any atom is -0.287 e. The van der Waals surface area contributed by atoms with E-state index in [1.165, 1.54) is 0 Å². The molecular formula is C7H5ClF6O. The van der Waals surface area contributed by atoms with E-state index >= 15 is 0 Å². The molecule has 0 aliphatic rings. The second-order valence-electron chi connectivity index (χ2n) is 2.62. The molecule has 0 fully saturated rings. The first-order chi connectivity index (χ1) is 6.47. The number of Topliss-reactive ketones (excluding diaryl/α,β-unsaturated/α-hetero) is 1. The molecule has 88 valence electrons. The fraction of sp³-hybridized carbons (Fsp3) is 0.571. The Morgan fingerprint density at radius 3 is 1.80 bits per heavy atom. The summed E-state index contributed by atoms with van der Waals surface area (Å²) in [5.41, 5.74) is 0. The Balaban J connectivity index is 5.32. The summed E-state index contributed by atoms with van der Waals surface area (Å²) in [5.74, 6) is -3.04. The smallest absolute Gasteiger partial charge is 0.287 e. The molecule has 0 aliphatic heterocycles. The van der Waals surface area contributed by atoms with Crippen LogP contribution in [-0.4, -0.2) is 23.0 Å². The van der Waals surface area contributed by atoms with Crippen molar-refractivity contribution in [3.63, 3.8) is 0 Å². The molecule has 1 atom stereocenters. The monoisotopic (exact) mass is 254 g/mol. The van der Waals surface area contributed by atoms with Crippen LogP contribution < -0.4 is 0 Å². The fourth-order valence-corrected chi connectivity index (χ4v) is 0.977. The topological polar surface area (TPSA) is 17.1 Å². The lowest BCUT2D eigenvalue weighted by atomic mass is 9.98. The average Bonchev–Trinajstić information content (AvgIpc) is 1.99. The van der Waals surface area contributed by atoms with Gasteiger partial charge in [-0.1, -0.05) is 17.7 Å². The number of carbonyl (C=O) groups excluding carboxylic acids is 1. The third-order valence-corrected chi connectivity index (χ3v) is 2.03. The Labute approximate surface area is 85.7 Å². The normalized spacial score (nSPS) is 17.0. The van der Waals surface area contributed by atoms with E-state index in [9.17, 15) is 31.1 Å². The molecule has 0 N–H and O–H groups in total. The molecule has 15 heavy (non-hydrogen) atoms. The van der Waals surface area contributed by atoms with E-state index in [2.05, 4.69) is 18.2 Å². The van der Waals surface area contributed by atoms with E-state index in [1.807, 2.05) is 0 Å². The van der Waals surface area contributed by atoms with Crippen LogP contribution in [0.3, 0.4) is 0 Å². The van der Waals surface area contributed by atoms with Crippen molar-refractivity contribution in [2.45, 2.75) is 23.6 Å². The maximum atomic E-state index is 12.2. The molecule has 8 heteroatoms. The van der Waals surface area contributed by atoms with Gasteiger partial charge in [-0.2, -0.15) is 26.3 Å². The molecule has 0 amide bonds. The first-order valence-corrected chi connectivity index (χ1v) is 3.83. The van der Waals surface area contributed by atoms with Gasteiger partial charge in [-0.05, 0) is 0 Å². The van der Waals surface area contributed by atoms with Crippen LogP contribution in [0.2, 0.25) is 0 Å². The largest absolute Gasteiger partial charge is 0.452 e. The lowest BCUT2D eigenvalue weighted by molar-refractivity contribution is -0.203. The quantitative estimate of drug-likeness (QED) is 0.429. The number of carbonyl (C=O) groups is 1. The Morgan fingerprint density at radius 1 is 1.20 bits per heavy atom. The molecule has 1 unspecified atom stereocenters. The first-order valence-electron chi connectivity index (χ1n) is 3.45. The van der Waals surface area contributed by atoms with Gasteiger partial charge in [0.05, 0.1) is 0 Å². The number of ketones is 1. The molecular weight excluding hydrogens is 250 g/mol. The van der Waals surface area contributed by atoms with Crippen molar-refractivity contribution < 1.29 is 31.1 Å². The third kappa shape index (κ3) is 2.87. The highest BCUT2D eigenvalue weighted by atomic mass is 35.5. The Hall–Kier alpha value is -0.720. The van der Waals surface area contributed by atoms with E-state index in [1.54, 1.807) is 0 Å². The van der Waals surface area contributed by atoms with Gasteiger partial charge in [0.15, 0.2) is 0 Å². The molecule has 1 nitrogen and oxygen atoms in total. The molecule has 0 saturated heterocycles. The summed E-state index contributed by atoms with van der Waals surface area (Å²) in [4.78, 5) is 6.52. The third-order valence-electron chi connectivity index (χ3n) is 1.49. The summed E-state index contributed by atoms with van der Waals surface area (Å²) >= 11 is 4.68. The van der Waals surface area contributed by atoms with E-state index in [0.717, 1.165) is 0 Å². The van der Waals surface area contributed by atoms with Crippen LogP contribution in [0.25, 0.3) is 0 Å². The van der Waals surface area contributed by atoms with Crippen LogP contribution in [0.1, 0.15) is 6.42 Å². The van der Waals surface area contributed by atoms with Crippen molar-refractivity contribution in [1.82, 2.24) is 0 Å². The molecule has 0 aromatic heterocycles. The molecule has 0 bridgehead atoms. The Kier molecular flexibility index (Phi) is 3.84. The Bertz CT molecular complexity index is 268. The summed E-state index contributed by atoms with van der Waals surface area (Å²) in [6, 6.07) is 0. The predicted molar refractivity (Wildman–Crippen MR) is 40.5 cm³/mol. The van der Waals surface area contributed by atoms with Gasteiger partial charge in [0, 0.05) is 6.42 Å². The van der Waals surface area contributed by atoms with Crippen molar-refractivity contribution in [2.75, 3.05) is 0 Å². The van der Waals surface area contributed by atoms with Gasteiger partial charge in [-0.3, -0.25) is 4.79 Å². The van der Waals surface area contributed by atoms with E-state index in [4.69, 9.17) is 0 Å². The van der Waals surface area contributed by atoms with Gasteiger partial charge in [-0.25, -0.2) is 0 Å². The van der Waals surface area contributed by atoms with Gasteiger partial charge in [0.25, 0.3) is 5.78 Å². The second-order valence-corrected chi connectivity index (χ2v) is 3.26. The van der Waals surface area contributed by atoms with Crippen LogP contribution in [0.5, 0.6) is 0 Å². The van der Waals surface area contributed by atoms with E-state index in [0.29, 0.717) is 6.08 Å². The molecule has 0 spiro atoms. The second kappa shape index (κ2) is 4.03. The first kappa shape index (κ1) is 14.3. The van der Waals surface area contributed by atoms with Gasteiger partial charge >= 0.3 is 12.4 Å². The molecule has 0 aromatic carbocycles. The van der Waals surface area contributed by atoms with Crippen molar-refractivity contribution in [1.29, 1.82) is 0 Å². The van der Waals surface area contributed by atoms with Crippen molar-refractivity contribution in [3.8, 4) is 0 Å². The summed E-state index contributed by atoms with van der Waals surface area (Å²) in [7, 11) is 0. The zero-order valence-corrected chi connectivity index (χ0v) is 7.80. The van der Waals surface area contributed by atoms with Crippen molar-refractivity contribution >= 4 is 17.4 Å². The zero-order chi connectivity index (χ0) is 12.5. The number of halogens is 7. The SMILES string of the molecule is C=CCC(Cl)(C(=O)C(F)(F)F)C(F)(F)F. The molecule has 0 rings (SSSR count). The van der Waals surface area contributed by atoms with Crippen LogP contribution >= 0.6 is 11.6 Å². The highest BCUT2D eigenvalue weighted by Crippen LogP contribution is 2.43. The number of alkyl halides is 7. The van der Waals surface area contributed by atoms with E-state index < -0.39 is 29.4 Å². The van der Waals surface area contributed by atoms with Crippen LogP contribution in [0, 0.1) is 0 Å². The number of allylic oxidation sites excluding steroid dienone is 1. The summed E-state index contributed by atoms with van der Waals surface area (Å²) < 4.78 is 72.0. The lowest BCUT2D eigenvalue weighted by Gasteiger charge is -2.27. The molecule has 0 aliphatic carbocycles. The number of hydrogen-bond acceptors (Lipinski definition) is 1. The Morgan fingerprint density at radius 2 is 1.60 bits per heavy atom. The van der Waals surface area contributed by atoms with Crippen LogP contribution in [-0.2, 0) is 4.79 Å². The molecule has 0 saturated carbocycles. The summed E-state index contributed by atoms with van der Waals surface area (Å²) in [6.07, 6.45) is -12.0. The number of hydrogen-bond donors (Lipinski definition) is 0.